The zero-order chi connectivity index (χ0) is 10.7. The molecular formula is C14H17N. The maximum Gasteiger partial charge on any atom is 0.0482 e. The minimum atomic E-state index is 1.08. The molecule has 0 saturated heterocycles. The Balaban J connectivity index is 2.27. The van der Waals surface area contributed by atoms with Gasteiger partial charge in [0, 0.05) is 18.3 Å². The van der Waals surface area contributed by atoms with Gasteiger partial charge in [-0.05, 0) is 42.8 Å². The van der Waals surface area contributed by atoms with Crippen molar-refractivity contribution in [1.29, 1.82) is 0 Å². The molecule has 1 heterocycles. The highest BCUT2D eigenvalue weighted by Crippen LogP contribution is 2.17. The largest absolute Gasteiger partial charge is 0.347 e. The highest BCUT2D eigenvalue weighted by molar-refractivity contribution is 5.80. The molecule has 78 valence electrons. The summed E-state index contributed by atoms with van der Waals surface area (Å²) in [6.45, 7) is 6.97. The molecule has 0 amide bonds. The lowest BCUT2D eigenvalue weighted by Crippen LogP contribution is -1.95. The summed E-state index contributed by atoms with van der Waals surface area (Å²) in [6.07, 6.45) is 6.41. The van der Waals surface area contributed by atoms with E-state index in [9.17, 15) is 0 Å². The minimum Gasteiger partial charge on any atom is -0.347 e. The van der Waals surface area contributed by atoms with E-state index in [1.807, 2.05) is 6.08 Å². The van der Waals surface area contributed by atoms with Crippen molar-refractivity contribution in [3.8, 4) is 0 Å². The summed E-state index contributed by atoms with van der Waals surface area (Å²) in [7, 11) is 0. The van der Waals surface area contributed by atoms with Gasteiger partial charge in [0.1, 0.15) is 0 Å². The average molecular weight is 199 g/mol. The van der Waals surface area contributed by atoms with Gasteiger partial charge >= 0.3 is 0 Å². The van der Waals surface area contributed by atoms with Crippen molar-refractivity contribution < 1.29 is 0 Å². The van der Waals surface area contributed by atoms with Crippen LogP contribution in [-0.2, 0) is 6.54 Å². The number of nitrogens with zero attached hydrogens (tertiary/aromatic N) is 1. The van der Waals surface area contributed by atoms with Crippen LogP contribution >= 0.6 is 0 Å². The monoisotopic (exact) mass is 199 g/mol. The Labute approximate surface area is 91.0 Å². The van der Waals surface area contributed by atoms with Gasteiger partial charge in [0.05, 0.1) is 0 Å². The Kier molecular flexibility index (Phi) is 2.91. The maximum atomic E-state index is 3.75. The number of aromatic nitrogens is 1. The highest BCUT2D eigenvalue weighted by atomic mass is 14.9. The normalized spacial score (nSPS) is 10.7. The Morgan fingerprint density at radius 2 is 2.20 bits per heavy atom. The second-order valence-corrected chi connectivity index (χ2v) is 4.00. The van der Waals surface area contributed by atoms with Gasteiger partial charge in [0.15, 0.2) is 0 Å². The average Bonchev–Trinajstić information content (AvgIpc) is 2.62. The molecule has 15 heavy (non-hydrogen) atoms. The van der Waals surface area contributed by atoms with Crippen molar-refractivity contribution in [2.45, 2.75) is 26.3 Å². The van der Waals surface area contributed by atoms with Gasteiger partial charge in [-0.3, -0.25) is 0 Å². The van der Waals surface area contributed by atoms with Gasteiger partial charge < -0.3 is 4.57 Å². The molecule has 0 atom stereocenters. The lowest BCUT2D eigenvalue weighted by Gasteiger charge is -2.04. The lowest BCUT2D eigenvalue weighted by atomic mass is 10.2. The molecule has 0 aliphatic rings. The summed E-state index contributed by atoms with van der Waals surface area (Å²) in [6, 6.07) is 8.79. The summed E-state index contributed by atoms with van der Waals surface area (Å²) >= 11 is 0. The number of hydrogen-bond acceptors (Lipinski definition) is 0. The van der Waals surface area contributed by atoms with Crippen LogP contribution in [0, 0.1) is 6.92 Å². The van der Waals surface area contributed by atoms with Gasteiger partial charge in [-0.2, -0.15) is 0 Å². The number of fused-ring (bicyclic) bond motifs is 1. The van der Waals surface area contributed by atoms with Crippen molar-refractivity contribution in [3.63, 3.8) is 0 Å². The van der Waals surface area contributed by atoms with Crippen LogP contribution in [0.1, 0.15) is 18.4 Å². The Hall–Kier alpha value is -1.50. The SMILES string of the molecule is C=CCCCn1ccc2ccc(C)cc21. The number of rotatable bonds is 4. The standard InChI is InChI=1S/C14H17N/c1-3-4-5-9-15-10-8-13-7-6-12(2)11-14(13)15/h3,6-8,10-11H,1,4-5,9H2,2H3. The van der Waals surface area contributed by atoms with Gasteiger partial charge in [0.2, 0.25) is 0 Å². The lowest BCUT2D eigenvalue weighted by molar-refractivity contribution is 0.671. The van der Waals surface area contributed by atoms with Crippen molar-refractivity contribution in [3.05, 3.63) is 48.7 Å². The summed E-state index contributed by atoms with van der Waals surface area (Å²) in [5, 5.41) is 1.33. The first-order chi connectivity index (χ1) is 7.31. The third-order valence-corrected chi connectivity index (χ3v) is 2.74. The number of benzene rings is 1. The summed E-state index contributed by atoms with van der Waals surface area (Å²) in [5.41, 5.74) is 2.67. The van der Waals surface area contributed by atoms with E-state index >= 15 is 0 Å². The molecule has 1 nitrogen and oxygen atoms in total. The second kappa shape index (κ2) is 4.35. The quantitative estimate of drug-likeness (QED) is 0.519. The summed E-state index contributed by atoms with van der Waals surface area (Å²) < 4.78 is 2.33. The molecule has 0 spiro atoms. The van der Waals surface area contributed by atoms with Crippen LogP contribution in [0.5, 0.6) is 0 Å². The van der Waals surface area contributed by atoms with E-state index in [2.05, 4.69) is 48.5 Å². The molecule has 0 N–H and O–H groups in total. The fourth-order valence-electron chi connectivity index (χ4n) is 1.89. The predicted octanol–water partition coefficient (Wildman–Crippen LogP) is 3.92. The summed E-state index contributed by atoms with van der Waals surface area (Å²) in [5.74, 6) is 0. The van der Waals surface area contributed by atoms with E-state index in [0.29, 0.717) is 0 Å². The predicted molar refractivity (Wildman–Crippen MR) is 66.1 cm³/mol. The number of hydrogen-bond donors (Lipinski definition) is 0. The Morgan fingerprint density at radius 3 is 3.00 bits per heavy atom. The van der Waals surface area contributed by atoms with Crippen LogP contribution in [0.3, 0.4) is 0 Å². The number of unbranched alkanes of at least 4 members (excludes halogenated alkanes) is 1. The van der Waals surface area contributed by atoms with Crippen molar-refractivity contribution in [2.24, 2.45) is 0 Å². The topological polar surface area (TPSA) is 4.93 Å². The fraction of sp³-hybridized carbons (Fsp3) is 0.286. The molecule has 2 aromatic rings. The maximum absolute atomic E-state index is 3.75. The molecule has 0 bridgehead atoms. The van der Waals surface area contributed by atoms with Crippen LogP contribution in [0.15, 0.2) is 43.1 Å². The first kappa shape index (κ1) is 10.0. The van der Waals surface area contributed by atoms with Gasteiger partial charge in [0.25, 0.3) is 0 Å². The second-order valence-electron chi connectivity index (χ2n) is 4.00. The number of allylic oxidation sites excluding steroid dienone is 1. The van der Waals surface area contributed by atoms with Crippen molar-refractivity contribution in [2.75, 3.05) is 0 Å². The zero-order valence-electron chi connectivity index (χ0n) is 9.24. The van der Waals surface area contributed by atoms with Crippen molar-refractivity contribution in [1.82, 2.24) is 4.57 Å². The molecule has 1 aromatic heterocycles. The summed E-state index contributed by atoms with van der Waals surface area (Å²) in [4.78, 5) is 0. The molecule has 0 unspecified atom stereocenters. The van der Waals surface area contributed by atoms with Gasteiger partial charge in [-0.15, -0.1) is 6.58 Å². The molecule has 0 saturated carbocycles. The first-order valence-electron chi connectivity index (χ1n) is 5.47. The van der Waals surface area contributed by atoms with E-state index in [4.69, 9.17) is 0 Å². The van der Waals surface area contributed by atoms with E-state index in [-0.39, 0.29) is 0 Å². The Morgan fingerprint density at radius 1 is 1.33 bits per heavy atom. The molecule has 0 aliphatic heterocycles. The van der Waals surface area contributed by atoms with Crippen LogP contribution in [0.25, 0.3) is 10.9 Å². The molecule has 0 fully saturated rings. The van der Waals surface area contributed by atoms with E-state index < -0.39 is 0 Å². The third kappa shape index (κ3) is 2.12. The molecule has 2 rings (SSSR count). The van der Waals surface area contributed by atoms with Gasteiger partial charge in [-0.25, -0.2) is 0 Å². The highest BCUT2D eigenvalue weighted by Gasteiger charge is 1.99. The van der Waals surface area contributed by atoms with Crippen LogP contribution < -0.4 is 0 Å². The van der Waals surface area contributed by atoms with E-state index in [1.165, 1.54) is 22.9 Å². The van der Waals surface area contributed by atoms with E-state index in [1.54, 1.807) is 0 Å². The van der Waals surface area contributed by atoms with Crippen LogP contribution in [0.4, 0.5) is 0 Å². The van der Waals surface area contributed by atoms with Crippen molar-refractivity contribution >= 4 is 10.9 Å². The molecule has 1 aromatic carbocycles. The Bertz CT molecular complexity index is 465. The van der Waals surface area contributed by atoms with Crippen LogP contribution in [0.2, 0.25) is 0 Å². The van der Waals surface area contributed by atoms with E-state index in [0.717, 1.165) is 13.0 Å². The number of aryl methyl sites for hydroxylation is 2. The van der Waals surface area contributed by atoms with Gasteiger partial charge in [-0.1, -0.05) is 18.2 Å². The molecule has 0 radical (unpaired) electrons. The molecular weight excluding hydrogens is 182 g/mol. The third-order valence-electron chi connectivity index (χ3n) is 2.74. The minimum absolute atomic E-state index is 1.08. The first-order valence-corrected chi connectivity index (χ1v) is 5.47. The smallest absolute Gasteiger partial charge is 0.0482 e. The molecule has 0 aliphatic carbocycles. The molecule has 1 heteroatoms. The fourth-order valence-corrected chi connectivity index (χ4v) is 1.89. The van der Waals surface area contributed by atoms with Crippen LogP contribution in [-0.4, -0.2) is 4.57 Å². The zero-order valence-corrected chi connectivity index (χ0v) is 9.24.